The molecule has 0 saturated carbocycles. The molecule has 2 heterocycles. The van der Waals surface area contributed by atoms with Gasteiger partial charge in [-0.1, -0.05) is 24.3 Å². The molecule has 0 aliphatic carbocycles. The molecule has 0 N–H and O–H groups in total. The Hall–Kier alpha value is -4.20. The summed E-state index contributed by atoms with van der Waals surface area (Å²) in [5, 5.41) is 0.803. The maximum absolute atomic E-state index is 12.8. The topological polar surface area (TPSA) is 113 Å². The van der Waals surface area contributed by atoms with Crippen molar-refractivity contribution < 1.29 is 27.9 Å². The molecule has 0 atom stereocenters. The number of Topliss-reactive ketones (excluding diaryl/α,β-unsaturated/α-hetero) is 2. The van der Waals surface area contributed by atoms with Crippen molar-refractivity contribution >= 4 is 33.5 Å². The molecule has 0 amide bonds. The van der Waals surface area contributed by atoms with Crippen LogP contribution in [0.3, 0.4) is 0 Å². The summed E-state index contributed by atoms with van der Waals surface area (Å²) in [5.74, 6) is -1.66. The number of carbonyl (C=O) groups is 2. The second-order valence-corrected chi connectivity index (χ2v) is 6.77. The zero-order valence-corrected chi connectivity index (χ0v) is 17.3. The lowest BCUT2D eigenvalue weighted by Crippen LogP contribution is -2.26. The maximum Gasteiger partial charge on any atom is 0.347 e. The van der Waals surface area contributed by atoms with Crippen LogP contribution in [0.4, 0.5) is 0 Å². The molecule has 0 saturated heterocycles. The number of hydrogen-bond donors (Lipinski definition) is 0. The number of ether oxygens (including phenoxy) is 2. The van der Waals surface area contributed by atoms with Gasteiger partial charge in [0.2, 0.25) is 11.6 Å². The first-order valence-corrected chi connectivity index (χ1v) is 9.93. The van der Waals surface area contributed by atoms with Gasteiger partial charge in [0, 0.05) is 10.8 Å². The van der Waals surface area contributed by atoms with Crippen molar-refractivity contribution in [3.05, 3.63) is 80.5 Å². The average Bonchev–Trinajstić information content (AvgIpc) is 2.78. The summed E-state index contributed by atoms with van der Waals surface area (Å²) in [4.78, 5) is 50.6. The predicted octanol–water partition coefficient (Wildman–Crippen LogP) is 3.76. The van der Waals surface area contributed by atoms with Crippen molar-refractivity contribution in [2.75, 3.05) is 13.2 Å². The van der Waals surface area contributed by atoms with Crippen LogP contribution in [0.15, 0.2) is 67.0 Å². The van der Waals surface area contributed by atoms with Crippen LogP contribution in [0.25, 0.3) is 21.9 Å². The lowest BCUT2D eigenvalue weighted by atomic mass is 10.0. The van der Waals surface area contributed by atoms with Crippen LogP contribution in [0.2, 0.25) is 0 Å². The highest BCUT2D eigenvalue weighted by atomic mass is 16.5. The minimum absolute atomic E-state index is 0.164. The molecular weight excluding hydrogens is 416 g/mol. The SMILES string of the molecule is CCOc1cccc2cc(C(=O)C(=O)c3cc4cccc(OCC)c4oc3=O)c(=O)oc12. The number of para-hydroxylation sites is 2. The van der Waals surface area contributed by atoms with Crippen molar-refractivity contribution in [3.8, 4) is 11.5 Å². The summed E-state index contributed by atoms with van der Waals surface area (Å²) in [7, 11) is 0. The highest BCUT2D eigenvalue weighted by molar-refractivity contribution is 6.49. The molecule has 8 nitrogen and oxygen atoms in total. The first-order valence-electron chi connectivity index (χ1n) is 9.93. The van der Waals surface area contributed by atoms with Gasteiger partial charge in [-0.25, -0.2) is 9.59 Å². The molecule has 8 heteroatoms. The highest BCUT2D eigenvalue weighted by Gasteiger charge is 2.27. The van der Waals surface area contributed by atoms with Gasteiger partial charge < -0.3 is 18.3 Å². The van der Waals surface area contributed by atoms with E-state index in [1.165, 1.54) is 12.1 Å². The molecule has 2 aromatic heterocycles. The Labute approximate surface area is 181 Å². The van der Waals surface area contributed by atoms with Crippen LogP contribution in [0.5, 0.6) is 11.5 Å². The molecular formula is C24H18O8. The van der Waals surface area contributed by atoms with E-state index in [1.807, 2.05) is 0 Å². The molecule has 162 valence electrons. The summed E-state index contributed by atoms with van der Waals surface area (Å²) < 4.78 is 21.4. The van der Waals surface area contributed by atoms with E-state index in [0.29, 0.717) is 35.5 Å². The number of ketones is 2. The Bertz CT molecular complexity index is 1360. The van der Waals surface area contributed by atoms with Gasteiger partial charge in [-0.3, -0.25) is 9.59 Å². The third-order valence-electron chi connectivity index (χ3n) is 4.74. The van der Waals surface area contributed by atoms with E-state index >= 15 is 0 Å². The number of carbonyl (C=O) groups excluding carboxylic acids is 2. The molecule has 0 bridgehead atoms. The summed E-state index contributed by atoms with van der Waals surface area (Å²) in [6, 6.07) is 12.3. The maximum atomic E-state index is 12.8. The van der Waals surface area contributed by atoms with Crippen molar-refractivity contribution in [2.24, 2.45) is 0 Å². The number of hydrogen-bond acceptors (Lipinski definition) is 8. The second kappa shape index (κ2) is 8.50. The lowest BCUT2D eigenvalue weighted by molar-refractivity contribution is 0.0812. The second-order valence-electron chi connectivity index (χ2n) is 6.77. The van der Waals surface area contributed by atoms with Crippen molar-refractivity contribution in [1.29, 1.82) is 0 Å². The number of fused-ring (bicyclic) bond motifs is 2. The van der Waals surface area contributed by atoms with Crippen LogP contribution in [0.1, 0.15) is 34.6 Å². The minimum Gasteiger partial charge on any atom is -0.490 e. The Kier molecular flexibility index (Phi) is 5.59. The Morgan fingerprint density at radius 3 is 1.50 bits per heavy atom. The number of rotatable bonds is 7. The molecule has 0 aliphatic rings. The van der Waals surface area contributed by atoms with Crippen molar-refractivity contribution in [2.45, 2.75) is 13.8 Å². The first-order chi connectivity index (χ1) is 15.4. The third-order valence-corrected chi connectivity index (χ3v) is 4.74. The molecule has 0 aliphatic heterocycles. The normalized spacial score (nSPS) is 10.9. The van der Waals surface area contributed by atoms with Gasteiger partial charge in [-0.15, -0.1) is 0 Å². The zero-order valence-electron chi connectivity index (χ0n) is 17.3. The van der Waals surface area contributed by atoms with Gasteiger partial charge in [0.25, 0.3) is 0 Å². The monoisotopic (exact) mass is 434 g/mol. The van der Waals surface area contributed by atoms with Crippen LogP contribution in [0, 0.1) is 0 Å². The highest BCUT2D eigenvalue weighted by Crippen LogP contribution is 2.27. The van der Waals surface area contributed by atoms with Crippen molar-refractivity contribution in [3.63, 3.8) is 0 Å². The van der Waals surface area contributed by atoms with Gasteiger partial charge in [0.15, 0.2) is 22.7 Å². The molecule has 32 heavy (non-hydrogen) atoms. The van der Waals surface area contributed by atoms with Crippen LogP contribution in [-0.4, -0.2) is 24.8 Å². The fourth-order valence-corrected chi connectivity index (χ4v) is 3.34. The first kappa shape index (κ1) is 21.0. The summed E-state index contributed by atoms with van der Waals surface area (Å²) in [5.41, 5.74) is -2.66. The van der Waals surface area contributed by atoms with Gasteiger partial charge in [-0.2, -0.15) is 0 Å². The quantitative estimate of drug-likeness (QED) is 0.245. The van der Waals surface area contributed by atoms with Gasteiger partial charge in [0.05, 0.1) is 13.2 Å². The van der Waals surface area contributed by atoms with E-state index in [-0.39, 0.29) is 11.2 Å². The third kappa shape index (κ3) is 3.66. The molecule has 0 unspecified atom stereocenters. The molecule has 0 fully saturated rings. The van der Waals surface area contributed by atoms with E-state index in [4.69, 9.17) is 18.3 Å². The van der Waals surface area contributed by atoms with E-state index in [9.17, 15) is 19.2 Å². The van der Waals surface area contributed by atoms with Crippen LogP contribution >= 0.6 is 0 Å². The van der Waals surface area contributed by atoms with Gasteiger partial charge in [0.1, 0.15) is 11.1 Å². The van der Waals surface area contributed by atoms with Crippen molar-refractivity contribution in [1.82, 2.24) is 0 Å². The van der Waals surface area contributed by atoms with Gasteiger partial charge in [-0.05, 0) is 38.1 Å². The van der Waals surface area contributed by atoms with Gasteiger partial charge >= 0.3 is 11.3 Å². The summed E-state index contributed by atoms with van der Waals surface area (Å²) in [6.45, 7) is 4.26. The zero-order chi connectivity index (χ0) is 22.8. The molecule has 2 aromatic carbocycles. The predicted molar refractivity (Wildman–Crippen MR) is 116 cm³/mol. The standard InChI is InChI=1S/C24H18O8/c1-3-29-17-9-5-7-13-11-15(23(27)31-21(13)17)19(25)20(26)16-12-14-8-6-10-18(30-4-2)22(14)32-24(16)28/h5-12H,3-4H2,1-2H3. The van der Waals surface area contributed by atoms with E-state index in [1.54, 1.807) is 50.2 Å². The number of benzene rings is 2. The smallest absolute Gasteiger partial charge is 0.347 e. The van der Waals surface area contributed by atoms with Crippen LogP contribution < -0.4 is 20.7 Å². The largest absolute Gasteiger partial charge is 0.490 e. The minimum atomic E-state index is -1.17. The lowest BCUT2D eigenvalue weighted by Gasteiger charge is -2.08. The Morgan fingerprint density at radius 1 is 0.719 bits per heavy atom. The van der Waals surface area contributed by atoms with E-state index in [2.05, 4.69) is 0 Å². The molecule has 0 spiro atoms. The average molecular weight is 434 g/mol. The molecule has 0 radical (unpaired) electrons. The summed E-state index contributed by atoms with van der Waals surface area (Å²) in [6.07, 6.45) is 0. The Balaban J connectivity index is 1.78. The molecule has 4 rings (SSSR count). The van der Waals surface area contributed by atoms with E-state index in [0.717, 1.165) is 0 Å². The fourth-order valence-electron chi connectivity index (χ4n) is 3.34. The summed E-state index contributed by atoms with van der Waals surface area (Å²) >= 11 is 0. The van der Waals surface area contributed by atoms with Crippen LogP contribution in [-0.2, 0) is 0 Å². The molecule has 4 aromatic rings. The fraction of sp³-hybridized carbons (Fsp3) is 0.167. The Morgan fingerprint density at radius 2 is 1.12 bits per heavy atom. The van der Waals surface area contributed by atoms with E-state index < -0.39 is 33.9 Å².